The Balaban J connectivity index is 1.34. The first-order valence-corrected chi connectivity index (χ1v) is 11.1. The number of hydrogen-bond acceptors (Lipinski definition) is 7. The maximum absolute atomic E-state index is 4.71. The van der Waals surface area contributed by atoms with Crippen molar-refractivity contribution in [2.75, 3.05) is 49.1 Å². The Morgan fingerprint density at radius 1 is 1.07 bits per heavy atom. The number of thiazole rings is 1. The van der Waals surface area contributed by atoms with Gasteiger partial charge in [-0.1, -0.05) is 13.8 Å². The van der Waals surface area contributed by atoms with Gasteiger partial charge in [-0.2, -0.15) is 0 Å². The highest BCUT2D eigenvalue weighted by atomic mass is 32.1. The van der Waals surface area contributed by atoms with E-state index in [0.717, 1.165) is 69.8 Å². The van der Waals surface area contributed by atoms with E-state index >= 15 is 0 Å². The molecule has 0 spiro atoms. The molecule has 2 saturated heterocycles. The number of hydrogen-bond donors (Lipinski definition) is 0. The molecule has 0 amide bonds. The molecule has 0 N–H and O–H groups in total. The Kier molecular flexibility index (Phi) is 5.88. The lowest BCUT2D eigenvalue weighted by molar-refractivity contribution is 0.247. The molecule has 27 heavy (non-hydrogen) atoms. The van der Waals surface area contributed by atoms with Gasteiger partial charge in [0.2, 0.25) is 0 Å². The van der Waals surface area contributed by atoms with E-state index in [1.54, 1.807) is 17.7 Å². The van der Waals surface area contributed by atoms with Gasteiger partial charge in [0.15, 0.2) is 0 Å². The molecule has 4 rings (SSSR count). The Labute approximate surface area is 166 Å². The Morgan fingerprint density at radius 3 is 2.56 bits per heavy atom. The number of piperidine rings is 1. The molecule has 2 aromatic heterocycles. The fourth-order valence-corrected chi connectivity index (χ4v) is 4.76. The average Bonchev–Trinajstić information content (AvgIpc) is 3.16. The molecule has 1 atom stereocenters. The minimum atomic E-state index is 0.750. The number of nitrogens with zero attached hydrogens (tertiary/aromatic N) is 6. The fraction of sp³-hybridized carbons (Fsp3) is 0.650. The molecule has 1 unspecified atom stereocenters. The minimum absolute atomic E-state index is 0.750. The van der Waals surface area contributed by atoms with E-state index in [-0.39, 0.29) is 0 Å². The van der Waals surface area contributed by atoms with Gasteiger partial charge >= 0.3 is 0 Å². The molecule has 146 valence electrons. The van der Waals surface area contributed by atoms with Crippen LogP contribution >= 0.6 is 11.3 Å². The summed E-state index contributed by atoms with van der Waals surface area (Å²) in [5, 5.41) is 3.45. The van der Waals surface area contributed by atoms with Gasteiger partial charge in [0.05, 0.1) is 10.7 Å². The summed E-state index contributed by atoms with van der Waals surface area (Å²) < 4.78 is 0. The Hall–Kier alpha value is -1.73. The molecule has 0 bridgehead atoms. The first-order valence-electron chi connectivity index (χ1n) is 10.2. The molecule has 2 aliphatic heterocycles. The molecule has 6 nitrogen and oxygen atoms in total. The van der Waals surface area contributed by atoms with Crippen molar-refractivity contribution in [1.29, 1.82) is 0 Å². The van der Waals surface area contributed by atoms with Crippen molar-refractivity contribution in [1.82, 2.24) is 19.9 Å². The zero-order valence-corrected chi connectivity index (χ0v) is 17.3. The summed E-state index contributed by atoms with van der Waals surface area (Å²) >= 11 is 1.78. The van der Waals surface area contributed by atoms with E-state index in [1.165, 1.54) is 23.5 Å². The van der Waals surface area contributed by atoms with Gasteiger partial charge in [-0.05, 0) is 25.2 Å². The van der Waals surface area contributed by atoms with Gasteiger partial charge in [-0.25, -0.2) is 15.0 Å². The summed E-state index contributed by atoms with van der Waals surface area (Å²) in [6.07, 6.45) is 5.35. The standard InChI is InChI=1S/C20H30N6S/c1-3-20-23-17(14-27-20)13-24-7-9-25(10-8-24)18-11-19(22-15-21-18)26-6-4-5-16(2)12-26/h11,14-16H,3-10,12-13H2,1-2H3. The highest BCUT2D eigenvalue weighted by Crippen LogP contribution is 2.24. The summed E-state index contributed by atoms with van der Waals surface area (Å²) in [6.45, 7) is 11.8. The molecule has 4 heterocycles. The summed E-state index contributed by atoms with van der Waals surface area (Å²) in [7, 11) is 0. The quantitative estimate of drug-likeness (QED) is 0.787. The van der Waals surface area contributed by atoms with Crippen LogP contribution in [0.5, 0.6) is 0 Å². The van der Waals surface area contributed by atoms with E-state index in [1.807, 2.05) is 0 Å². The predicted molar refractivity (Wildman–Crippen MR) is 112 cm³/mol. The second kappa shape index (κ2) is 8.52. The van der Waals surface area contributed by atoms with E-state index in [4.69, 9.17) is 4.98 Å². The fourth-order valence-electron chi connectivity index (χ4n) is 4.03. The van der Waals surface area contributed by atoms with Crippen molar-refractivity contribution in [3.8, 4) is 0 Å². The predicted octanol–water partition coefficient (Wildman–Crippen LogP) is 3.05. The molecule has 7 heteroatoms. The van der Waals surface area contributed by atoms with Crippen LogP contribution in [0.1, 0.15) is 37.4 Å². The SMILES string of the molecule is CCc1nc(CN2CCN(c3cc(N4CCCC(C)C4)ncn3)CC2)cs1. The second-order valence-corrected chi connectivity index (χ2v) is 8.72. The largest absolute Gasteiger partial charge is 0.356 e. The van der Waals surface area contributed by atoms with Crippen LogP contribution in [0.4, 0.5) is 11.6 Å². The van der Waals surface area contributed by atoms with Crippen LogP contribution < -0.4 is 9.80 Å². The van der Waals surface area contributed by atoms with Crippen molar-refractivity contribution >= 4 is 23.0 Å². The highest BCUT2D eigenvalue weighted by molar-refractivity contribution is 7.09. The van der Waals surface area contributed by atoms with Gasteiger partial charge in [-0.15, -0.1) is 11.3 Å². The Bertz CT molecular complexity index is 740. The van der Waals surface area contributed by atoms with Crippen LogP contribution in [0.2, 0.25) is 0 Å². The second-order valence-electron chi connectivity index (χ2n) is 7.78. The van der Waals surface area contributed by atoms with Crippen molar-refractivity contribution < 1.29 is 0 Å². The normalized spacial score (nSPS) is 21.6. The lowest BCUT2D eigenvalue weighted by Crippen LogP contribution is -2.46. The van der Waals surface area contributed by atoms with Crippen LogP contribution in [0, 0.1) is 5.92 Å². The summed E-state index contributed by atoms with van der Waals surface area (Å²) in [6, 6.07) is 2.18. The van der Waals surface area contributed by atoms with Gasteiger partial charge in [-0.3, -0.25) is 4.90 Å². The molecule has 0 saturated carbocycles. The highest BCUT2D eigenvalue weighted by Gasteiger charge is 2.22. The molecule has 0 radical (unpaired) electrons. The third-order valence-electron chi connectivity index (χ3n) is 5.60. The number of piperazine rings is 1. The van der Waals surface area contributed by atoms with Crippen LogP contribution in [0.3, 0.4) is 0 Å². The maximum Gasteiger partial charge on any atom is 0.134 e. The molecular formula is C20H30N6S. The summed E-state index contributed by atoms with van der Waals surface area (Å²) in [5.74, 6) is 2.91. The lowest BCUT2D eigenvalue weighted by Gasteiger charge is -2.36. The molecular weight excluding hydrogens is 356 g/mol. The van der Waals surface area contributed by atoms with Crippen molar-refractivity contribution in [2.24, 2.45) is 5.92 Å². The van der Waals surface area contributed by atoms with Crippen molar-refractivity contribution in [2.45, 2.75) is 39.7 Å². The zero-order valence-electron chi connectivity index (χ0n) is 16.5. The molecule has 2 aliphatic rings. The summed E-state index contributed by atoms with van der Waals surface area (Å²) in [5.41, 5.74) is 1.22. The molecule has 2 aromatic rings. The first kappa shape index (κ1) is 18.6. The number of aryl methyl sites for hydroxylation is 1. The number of rotatable bonds is 5. The number of aromatic nitrogens is 3. The van der Waals surface area contributed by atoms with Gasteiger partial charge in [0.1, 0.15) is 18.0 Å². The van der Waals surface area contributed by atoms with Crippen molar-refractivity contribution in [3.05, 3.63) is 28.5 Å². The van der Waals surface area contributed by atoms with Crippen molar-refractivity contribution in [3.63, 3.8) is 0 Å². The van der Waals surface area contributed by atoms with Crippen LogP contribution in [-0.2, 0) is 13.0 Å². The minimum Gasteiger partial charge on any atom is -0.356 e. The molecule has 0 aromatic carbocycles. The molecule has 0 aliphatic carbocycles. The monoisotopic (exact) mass is 386 g/mol. The van der Waals surface area contributed by atoms with E-state index in [0.29, 0.717) is 0 Å². The Morgan fingerprint density at radius 2 is 1.85 bits per heavy atom. The maximum atomic E-state index is 4.71. The van der Waals surface area contributed by atoms with Gasteiger partial charge in [0, 0.05) is 57.3 Å². The number of anilines is 2. The van der Waals surface area contributed by atoms with Crippen LogP contribution in [0.15, 0.2) is 17.8 Å². The zero-order chi connectivity index (χ0) is 18.6. The third kappa shape index (κ3) is 4.58. The average molecular weight is 387 g/mol. The van der Waals surface area contributed by atoms with Crippen LogP contribution in [-0.4, -0.2) is 59.1 Å². The third-order valence-corrected chi connectivity index (χ3v) is 6.64. The lowest BCUT2D eigenvalue weighted by atomic mass is 10.0. The van der Waals surface area contributed by atoms with E-state index in [9.17, 15) is 0 Å². The van der Waals surface area contributed by atoms with Crippen LogP contribution in [0.25, 0.3) is 0 Å². The molecule has 2 fully saturated rings. The van der Waals surface area contributed by atoms with Gasteiger partial charge < -0.3 is 9.80 Å². The van der Waals surface area contributed by atoms with Gasteiger partial charge in [0.25, 0.3) is 0 Å². The summed E-state index contributed by atoms with van der Waals surface area (Å²) in [4.78, 5) is 21.1. The topological polar surface area (TPSA) is 48.4 Å². The van der Waals surface area contributed by atoms with E-state index < -0.39 is 0 Å². The smallest absolute Gasteiger partial charge is 0.134 e. The van der Waals surface area contributed by atoms with E-state index in [2.05, 4.69) is 50.0 Å². The first-order chi connectivity index (χ1) is 13.2.